The van der Waals surface area contributed by atoms with Gasteiger partial charge in [0.2, 0.25) is 0 Å². The number of nitrogens with zero attached hydrogens (tertiary/aromatic N) is 1. The highest BCUT2D eigenvalue weighted by Crippen LogP contribution is 2.47. The highest BCUT2D eigenvalue weighted by molar-refractivity contribution is 6.30. The van der Waals surface area contributed by atoms with Crippen molar-refractivity contribution in [1.29, 1.82) is 0 Å². The number of amides is 2. The summed E-state index contributed by atoms with van der Waals surface area (Å²) in [6.07, 6.45) is -1.06. The SMILES string of the molecule is O=C(Nc1ccc(C(=O)N2CCC(F)(F)[C@](O)(CO)c3cc(Cl)ccc32)c(F)c1)c1cc(F)ccc1-c1ccccc1F. The van der Waals surface area contributed by atoms with Gasteiger partial charge in [0, 0.05) is 34.8 Å². The van der Waals surface area contributed by atoms with E-state index in [0.29, 0.717) is 0 Å². The lowest BCUT2D eigenvalue weighted by Crippen LogP contribution is -2.48. The van der Waals surface area contributed by atoms with Crippen LogP contribution in [-0.2, 0) is 5.60 Å². The Morgan fingerprint density at radius 2 is 1.63 bits per heavy atom. The van der Waals surface area contributed by atoms with Crippen molar-refractivity contribution in [2.24, 2.45) is 0 Å². The summed E-state index contributed by atoms with van der Waals surface area (Å²) >= 11 is 5.97. The number of anilines is 2. The van der Waals surface area contributed by atoms with Crippen molar-refractivity contribution >= 4 is 34.8 Å². The monoisotopic (exact) mass is 616 g/mol. The second-order valence-electron chi connectivity index (χ2n) is 9.91. The molecule has 0 radical (unpaired) electrons. The molecule has 6 nitrogen and oxygen atoms in total. The zero-order valence-electron chi connectivity index (χ0n) is 22.1. The first-order valence-corrected chi connectivity index (χ1v) is 13.2. The van der Waals surface area contributed by atoms with Gasteiger partial charge in [-0.25, -0.2) is 22.0 Å². The van der Waals surface area contributed by atoms with Gasteiger partial charge >= 0.3 is 0 Å². The molecule has 2 amide bonds. The van der Waals surface area contributed by atoms with Crippen LogP contribution in [0.15, 0.2) is 78.9 Å². The predicted molar refractivity (Wildman–Crippen MR) is 150 cm³/mol. The standard InChI is InChI=1S/C31H22ClF5N2O4/c32-17-5-10-27-24(13-17)30(43,16-40)31(36,37)11-12-39(27)29(42)22-9-7-19(15-26(22)35)38-28(41)23-14-18(33)6-8-20(23)21-3-1-2-4-25(21)34/h1-10,13-15,40,43H,11-12,16H2,(H,38,41)/t30-/m0/s1. The summed E-state index contributed by atoms with van der Waals surface area (Å²) in [7, 11) is 0. The molecule has 0 bridgehead atoms. The molecule has 0 aromatic heterocycles. The number of rotatable bonds is 5. The first-order chi connectivity index (χ1) is 20.4. The van der Waals surface area contributed by atoms with Gasteiger partial charge in [-0.1, -0.05) is 35.9 Å². The number of nitrogens with one attached hydrogen (secondary N) is 1. The molecule has 1 atom stereocenters. The number of hydrogen-bond donors (Lipinski definition) is 3. The van der Waals surface area contributed by atoms with Gasteiger partial charge in [-0.3, -0.25) is 9.59 Å². The van der Waals surface area contributed by atoms with Crippen molar-refractivity contribution < 1.29 is 41.8 Å². The third-order valence-corrected chi connectivity index (χ3v) is 7.51. The number of fused-ring (bicyclic) bond motifs is 1. The zero-order chi connectivity index (χ0) is 31.1. The van der Waals surface area contributed by atoms with Crippen molar-refractivity contribution in [3.05, 3.63) is 118 Å². The minimum absolute atomic E-state index is 0.0393. The molecule has 0 saturated carbocycles. The smallest absolute Gasteiger partial charge is 0.284 e. The number of halogens is 6. The quantitative estimate of drug-likeness (QED) is 0.222. The minimum atomic E-state index is -3.87. The first kappa shape index (κ1) is 30.1. The van der Waals surface area contributed by atoms with E-state index in [4.69, 9.17) is 11.6 Å². The molecule has 0 spiro atoms. The van der Waals surface area contributed by atoms with Crippen molar-refractivity contribution in [1.82, 2.24) is 0 Å². The third kappa shape index (κ3) is 5.47. The van der Waals surface area contributed by atoms with E-state index < -0.39 is 71.5 Å². The molecule has 4 aromatic carbocycles. The van der Waals surface area contributed by atoms with E-state index >= 15 is 4.39 Å². The van der Waals surface area contributed by atoms with Crippen LogP contribution in [0.25, 0.3) is 11.1 Å². The molecule has 1 heterocycles. The molecule has 0 aliphatic carbocycles. The molecule has 1 aliphatic heterocycles. The lowest BCUT2D eigenvalue weighted by molar-refractivity contribution is -0.205. The number of aliphatic hydroxyl groups excluding tert-OH is 1. The summed E-state index contributed by atoms with van der Waals surface area (Å²) in [5.74, 6) is -8.34. The average Bonchev–Trinajstić information content (AvgIpc) is 3.05. The van der Waals surface area contributed by atoms with Crippen LogP contribution in [0, 0.1) is 17.5 Å². The maximum Gasteiger partial charge on any atom is 0.284 e. The second kappa shape index (κ2) is 11.4. The summed E-state index contributed by atoms with van der Waals surface area (Å²) in [5, 5.41) is 22.8. The van der Waals surface area contributed by atoms with Crippen molar-refractivity contribution in [3.63, 3.8) is 0 Å². The van der Waals surface area contributed by atoms with Gasteiger partial charge in [-0.15, -0.1) is 0 Å². The van der Waals surface area contributed by atoms with E-state index in [0.717, 1.165) is 35.2 Å². The first-order valence-electron chi connectivity index (χ1n) is 12.8. The zero-order valence-corrected chi connectivity index (χ0v) is 22.8. The molecule has 43 heavy (non-hydrogen) atoms. The molecule has 4 aromatic rings. The van der Waals surface area contributed by atoms with Crippen LogP contribution in [0.4, 0.5) is 33.3 Å². The normalized spacial score (nSPS) is 17.6. The van der Waals surface area contributed by atoms with Crippen LogP contribution >= 0.6 is 11.6 Å². The molecule has 5 rings (SSSR count). The maximum atomic E-state index is 15.3. The molecule has 12 heteroatoms. The number of carbonyl (C=O) groups excluding carboxylic acids is 2. The molecule has 0 saturated heterocycles. The van der Waals surface area contributed by atoms with E-state index in [1.54, 1.807) is 0 Å². The minimum Gasteiger partial charge on any atom is -0.393 e. The fourth-order valence-corrected chi connectivity index (χ4v) is 5.16. The van der Waals surface area contributed by atoms with Gasteiger partial charge in [-0.2, -0.15) is 0 Å². The summed E-state index contributed by atoms with van der Waals surface area (Å²) in [6.45, 7) is -2.01. The Bertz CT molecular complexity index is 1750. The number of hydrogen-bond acceptors (Lipinski definition) is 4. The van der Waals surface area contributed by atoms with Crippen molar-refractivity contribution in [2.75, 3.05) is 23.4 Å². The van der Waals surface area contributed by atoms with Crippen LogP contribution < -0.4 is 10.2 Å². The number of benzene rings is 4. The maximum absolute atomic E-state index is 15.3. The van der Waals surface area contributed by atoms with Crippen molar-refractivity contribution in [3.8, 4) is 11.1 Å². The average molecular weight is 617 g/mol. The van der Waals surface area contributed by atoms with Gasteiger partial charge in [0.25, 0.3) is 17.7 Å². The fourth-order valence-electron chi connectivity index (χ4n) is 4.99. The van der Waals surface area contributed by atoms with E-state index in [1.807, 2.05) is 0 Å². The Labute approximate surface area is 247 Å². The van der Waals surface area contributed by atoms with Crippen LogP contribution in [0.2, 0.25) is 5.02 Å². The van der Waals surface area contributed by atoms with E-state index in [9.17, 15) is 37.4 Å². The lowest BCUT2D eigenvalue weighted by atomic mass is 9.86. The van der Waals surface area contributed by atoms with Gasteiger partial charge in [-0.05, 0) is 60.2 Å². The highest BCUT2D eigenvalue weighted by Gasteiger charge is 2.56. The Hall–Kier alpha value is -4.32. The van der Waals surface area contributed by atoms with E-state index in [2.05, 4.69) is 5.32 Å². The summed E-state index contributed by atoms with van der Waals surface area (Å²) < 4.78 is 73.8. The van der Waals surface area contributed by atoms with Crippen LogP contribution in [0.5, 0.6) is 0 Å². The second-order valence-corrected chi connectivity index (χ2v) is 10.3. The van der Waals surface area contributed by atoms with Gasteiger partial charge in [0.05, 0.1) is 23.4 Å². The topological polar surface area (TPSA) is 89.9 Å². The summed E-state index contributed by atoms with van der Waals surface area (Å²) in [5.41, 5.74) is -4.56. The molecule has 0 unspecified atom stereocenters. The Morgan fingerprint density at radius 1 is 0.884 bits per heavy atom. The van der Waals surface area contributed by atoms with Crippen LogP contribution in [-0.4, -0.2) is 41.1 Å². The molecule has 1 aliphatic rings. The van der Waals surface area contributed by atoms with Crippen molar-refractivity contribution in [2.45, 2.75) is 17.9 Å². The summed E-state index contributed by atoms with van der Waals surface area (Å²) in [6, 6.07) is 15.3. The molecular formula is C31H22ClF5N2O4. The molecule has 222 valence electrons. The number of alkyl halides is 2. The number of aliphatic hydroxyl groups is 2. The Kier molecular flexibility index (Phi) is 7.99. The van der Waals surface area contributed by atoms with Crippen LogP contribution in [0.1, 0.15) is 32.7 Å². The number of carbonyl (C=O) groups is 2. The highest BCUT2D eigenvalue weighted by atomic mass is 35.5. The molecule has 0 fully saturated rings. The molecular weight excluding hydrogens is 595 g/mol. The predicted octanol–water partition coefficient (Wildman–Crippen LogP) is 6.54. The van der Waals surface area contributed by atoms with Gasteiger partial charge in [0.15, 0.2) is 5.60 Å². The Morgan fingerprint density at radius 3 is 2.33 bits per heavy atom. The third-order valence-electron chi connectivity index (χ3n) is 7.27. The lowest BCUT2D eigenvalue weighted by Gasteiger charge is -2.33. The fraction of sp³-hybridized carbons (Fsp3) is 0.161. The van der Waals surface area contributed by atoms with Gasteiger partial charge in [0.1, 0.15) is 17.5 Å². The van der Waals surface area contributed by atoms with Gasteiger partial charge < -0.3 is 20.4 Å². The van der Waals surface area contributed by atoms with E-state index in [1.165, 1.54) is 48.5 Å². The molecule has 3 N–H and O–H groups in total. The Balaban J connectivity index is 1.46. The van der Waals surface area contributed by atoms with Crippen LogP contribution in [0.3, 0.4) is 0 Å². The van der Waals surface area contributed by atoms with E-state index in [-0.39, 0.29) is 33.1 Å². The largest absolute Gasteiger partial charge is 0.393 e. The summed E-state index contributed by atoms with van der Waals surface area (Å²) in [4.78, 5) is 27.4.